The van der Waals surface area contributed by atoms with Crippen LogP contribution in [0.15, 0.2) is 18.2 Å². The van der Waals surface area contributed by atoms with Gasteiger partial charge in [-0.05, 0) is 37.5 Å². The number of anilines is 1. The molecular formula is C16H22FNO3. The quantitative estimate of drug-likeness (QED) is 0.846. The SMILES string of the molecule is CCCC1CC(Nc2cc(F)ccc2C(=O)OC)CCO1. The maximum Gasteiger partial charge on any atom is 0.339 e. The summed E-state index contributed by atoms with van der Waals surface area (Å²) >= 11 is 0. The van der Waals surface area contributed by atoms with Crippen LogP contribution in [0.1, 0.15) is 43.0 Å². The van der Waals surface area contributed by atoms with Gasteiger partial charge in [0.1, 0.15) is 5.82 Å². The Labute approximate surface area is 124 Å². The number of halogens is 1. The van der Waals surface area contributed by atoms with Crippen LogP contribution in [0, 0.1) is 5.82 Å². The third-order valence-electron chi connectivity index (χ3n) is 3.72. The lowest BCUT2D eigenvalue weighted by Crippen LogP contribution is -2.34. The number of nitrogens with one attached hydrogen (secondary N) is 1. The van der Waals surface area contributed by atoms with Crippen molar-refractivity contribution in [2.24, 2.45) is 0 Å². The molecule has 2 rings (SSSR count). The fraction of sp³-hybridized carbons (Fsp3) is 0.562. The van der Waals surface area contributed by atoms with Crippen molar-refractivity contribution in [3.8, 4) is 0 Å². The Morgan fingerprint density at radius 2 is 2.33 bits per heavy atom. The number of rotatable bonds is 5. The molecule has 0 spiro atoms. The summed E-state index contributed by atoms with van der Waals surface area (Å²) in [6, 6.07) is 4.24. The van der Waals surface area contributed by atoms with Gasteiger partial charge in [-0.3, -0.25) is 0 Å². The van der Waals surface area contributed by atoms with E-state index < -0.39 is 5.97 Å². The highest BCUT2D eigenvalue weighted by molar-refractivity contribution is 5.95. The van der Waals surface area contributed by atoms with Gasteiger partial charge in [-0.2, -0.15) is 0 Å². The topological polar surface area (TPSA) is 47.6 Å². The van der Waals surface area contributed by atoms with Gasteiger partial charge >= 0.3 is 5.97 Å². The minimum Gasteiger partial charge on any atom is -0.465 e. The number of carbonyl (C=O) groups excluding carboxylic acids is 1. The van der Waals surface area contributed by atoms with Crippen LogP contribution in [-0.4, -0.2) is 31.8 Å². The second-order valence-electron chi connectivity index (χ2n) is 5.33. The molecule has 2 unspecified atom stereocenters. The van der Waals surface area contributed by atoms with Crippen molar-refractivity contribution in [2.75, 3.05) is 19.0 Å². The summed E-state index contributed by atoms with van der Waals surface area (Å²) in [7, 11) is 1.32. The second kappa shape index (κ2) is 7.41. The van der Waals surface area contributed by atoms with E-state index in [9.17, 15) is 9.18 Å². The van der Waals surface area contributed by atoms with Gasteiger partial charge < -0.3 is 14.8 Å². The molecule has 0 saturated carbocycles. The molecule has 4 nitrogen and oxygen atoms in total. The maximum absolute atomic E-state index is 13.4. The van der Waals surface area contributed by atoms with E-state index in [2.05, 4.69) is 12.2 Å². The first kappa shape index (κ1) is 15.8. The van der Waals surface area contributed by atoms with Gasteiger partial charge in [0.15, 0.2) is 0 Å². The summed E-state index contributed by atoms with van der Waals surface area (Å²) in [5, 5.41) is 3.27. The van der Waals surface area contributed by atoms with Crippen LogP contribution in [0.5, 0.6) is 0 Å². The minimum absolute atomic E-state index is 0.181. The molecular weight excluding hydrogens is 273 g/mol. The zero-order valence-electron chi connectivity index (χ0n) is 12.5. The van der Waals surface area contributed by atoms with Gasteiger partial charge in [0.05, 0.1) is 24.5 Å². The van der Waals surface area contributed by atoms with E-state index in [1.54, 1.807) is 0 Å². The predicted molar refractivity (Wildman–Crippen MR) is 79.0 cm³/mol. The van der Waals surface area contributed by atoms with Gasteiger partial charge in [-0.15, -0.1) is 0 Å². The molecule has 1 aliphatic heterocycles. The number of benzene rings is 1. The molecule has 0 aromatic heterocycles. The molecule has 0 amide bonds. The van der Waals surface area contributed by atoms with Crippen LogP contribution >= 0.6 is 0 Å². The van der Waals surface area contributed by atoms with Crippen molar-refractivity contribution in [1.29, 1.82) is 0 Å². The summed E-state index contributed by atoms with van der Waals surface area (Å²) in [6.45, 7) is 2.81. The Morgan fingerprint density at radius 3 is 3.05 bits per heavy atom. The molecule has 2 atom stereocenters. The Hall–Kier alpha value is -1.62. The summed E-state index contributed by atoms with van der Waals surface area (Å²) in [5.41, 5.74) is 0.849. The zero-order chi connectivity index (χ0) is 15.2. The molecule has 0 aliphatic carbocycles. The number of methoxy groups -OCH3 is 1. The van der Waals surface area contributed by atoms with Crippen LogP contribution in [0.4, 0.5) is 10.1 Å². The van der Waals surface area contributed by atoms with Gasteiger partial charge in [0, 0.05) is 12.6 Å². The van der Waals surface area contributed by atoms with E-state index in [4.69, 9.17) is 9.47 Å². The molecule has 21 heavy (non-hydrogen) atoms. The van der Waals surface area contributed by atoms with E-state index in [0.29, 0.717) is 17.9 Å². The van der Waals surface area contributed by atoms with Gasteiger partial charge in [0.2, 0.25) is 0 Å². The first-order valence-corrected chi connectivity index (χ1v) is 7.40. The number of hydrogen-bond donors (Lipinski definition) is 1. The predicted octanol–water partition coefficient (Wildman–Crippen LogP) is 3.37. The molecule has 1 heterocycles. The normalized spacial score (nSPS) is 21.9. The molecule has 0 radical (unpaired) electrons. The van der Waals surface area contributed by atoms with Gasteiger partial charge in [0.25, 0.3) is 0 Å². The average molecular weight is 295 g/mol. The number of hydrogen-bond acceptors (Lipinski definition) is 4. The molecule has 1 N–H and O–H groups in total. The molecule has 1 saturated heterocycles. The van der Waals surface area contributed by atoms with Crippen LogP contribution in [0.3, 0.4) is 0 Å². The van der Waals surface area contributed by atoms with Crippen molar-refractivity contribution in [1.82, 2.24) is 0 Å². The number of esters is 1. The van der Waals surface area contributed by atoms with Crippen LogP contribution in [0.25, 0.3) is 0 Å². The highest BCUT2D eigenvalue weighted by atomic mass is 19.1. The van der Waals surface area contributed by atoms with Crippen LogP contribution in [0.2, 0.25) is 0 Å². The van der Waals surface area contributed by atoms with Gasteiger partial charge in [-0.25, -0.2) is 9.18 Å². The van der Waals surface area contributed by atoms with E-state index in [1.165, 1.54) is 25.3 Å². The average Bonchev–Trinajstić information content (AvgIpc) is 2.47. The Morgan fingerprint density at radius 1 is 1.52 bits per heavy atom. The largest absolute Gasteiger partial charge is 0.465 e. The second-order valence-corrected chi connectivity index (χ2v) is 5.33. The van der Waals surface area contributed by atoms with Crippen LogP contribution in [-0.2, 0) is 9.47 Å². The third-order valence-corrected chi connectivity index (χ3v) is 3.72. The molecule has 116 valence electrons. The van der Waals surface area contributed by atoms with Crippen molar-refractivity contribution in [3.05, 3.63) is 29.6 Å². The van der Waals surface area contributed by atoms with Gasteiger partial charge in [-0.1, -0.05) is 13.3 Å². The molecule has 1 fully saturated rings. The Bertz CT molecular complexity index is 490. The lowest BCUT2D eigenvalue weighted by Gasteiger charge is -2.31. The fourth-order valence-corrected chi connectivity index (χ4v) is 2.68. The molecule has 1 aromatic rings. The standard InChI is InChI=1S/C16H22FNO3/c1-3-4-13-10-12(7-8-21-13)18-15-9-11(17)5-6-14(15)16(19)20-2/h5-6,9,12-13,18H,3-4,7-8,10H2,1-2H3. The number of carbonyl (C=O) groups is 1. The lowest BCUT2D eigenvalue weighted by atomic mass is 9.99. The maximum atomic E-state index is 13.4. The Balaban J connectivity index is 2.11. The first-order chi connectivity index (χ1) is 10.1. The van der Waals surface area contributed by atoms with Crippen molar-refractivity contribution in [3.63, 3.8) is 0 Å². The van der Waals surface area contributed by atoms with E-state index in [0.717, 1.165) is 25.7 Å². The summed E-state index contributed by atoms with van der Waals surface area (Å²) in [4.78, 5) is 11.7. The summed E-state index contributed by atoms with van der Waals surface area (Å²) < 4.78 is 23.9. The smallest absolute Gasteiger partial charge is 0.339 e. The lowest BCUT2D eigenvalue weighted by molar-refractivity contribution is 0.00597. The molecule has 1 aromatic carbocycles. The van der Waals surface area contributed by atoms with E-state index in [-0.39, 0.29) is 18.0 Å². The highest BCUT2D eigenvalue weighted by Crippen LogP contribution is 2.24. The van der Waals surface area contributed by atoms with Crippen molar-refractivity contribution in [2.45, 2.75) is 44.8 Å². The Kier molecular flexibility index (Phi) is 5.56. The summed E-state index contributed by atoms with van der Waals surface area (Å²) in [6.07, 6.45) is 4.04. The van der Waals surface area contributed by atoms with Crippen molar-refractivity contribution >= 4 is 11.7 Å². The van der Waals surface area contributed by atoms with E-state index >= 15 is 0 Å². The number of ether oxygens (including phenoxy) is 2. The van der Waals surface area contributed by atoms with E-state index in [1.807, 2.05) is 0 Å². The fourth-order valence-electron chi connectivity index (χ4n) is 2.68. The molecule has 1 aliphatic rings. The molecule has 0 bridgehead atoms. The monoisotopic (exact) mass is 295 g/mol. The van der Waals surface area contributed by atoms with Crippen molar-refractivity contribution < 1.29 is 18.7 Å². The summed E-state index contributed by atoms with van der Waals surface area (Å²) in [5.74, 6) is -0.836. The molecule has 5 heteroatoms. The highest BCUT2D eigenvalue weighted by Gasteiger charge is 2.23. The van der Waals surface area contributed by atoms with Crippen LogP contribution < -0.4 is 5.32 Å². The first-order valence-electron chi connectivity index (χ1n) is 7.40. The third kappa shape index (κ3) is 4.17. The minimum atomic E-state index is -0.463. The zero-order valence-corrected chi connectivity index (χ0v) is 12.5.